The van der Waals surface area contributed by atoms with Crippen LogP contribution in [0.1, 0.15) is 114 Å². The first-order valence-electron chi connectivity index (χ1n) is 11.7. The van der Waals surface area contributed by atoms with Crippen LogP contribution in [0.15, 0.2) is 24.3 Å². The van der Waals surface area contributed by atoms with Gasteiger partial charge in [-0.05, 0) is 30.7 Å². The van der Waals surface area contributed by atoms with Crippen molar-refractivity contribution in [3.8, 4) is 0 Å². The van der Waals surface area contributed by atoms with Crippen LogP contribution in [-0.2, 0) is 0 Å². The van der Waals surface area contributed by atoms with Crippen molar-refractivity contribution in [2.24, 2.45) is 0 Å². The Bertz CT molecular complexity index is 498. The van der Waals surface area contributed by atoms with E-state index in [0.29, 0.717) is 5.56 Å². The van der Waals surface area contributed by atoms with Gasteiger partial charge in [0.05, 0.1) is 5.56 Å². The Balaban J connectivity index is 1.89. The Morgan fingerprint density at radius 2 is 1.11 bits per heavy atom. The molecular weight excluding hydrogens is 346 g/mol. The predicted octanol–water partition coefficient (Wildman–Crippen LogP) is 7.69. The van der Waals surface area contributed by atoms with E-state index in [1.807, 2.05) is 12.1 Å². The van der Waals surface area contributed by atoms with Crippen LogP contribution < -0.4 is 4.90 Å². The largest absolute Gasteiger partial charge is 0.478 e. The van der Waals surface area contributed by atoms with Gasteiger partial charge in [-0.2, -0.15) is 0 Å². The first-order chi connectivity index (χ1) is 13.6. The highest BCUT2D eigenvalue weighted by Crippen LogP contribution is 2.16. The molecule has 0 fully saturated rings. The lowest BCUT2D eigenvalue weighted by Crippen LogP contribution is -2.18. The molecule has 0 spiro atoms. The molecule has 0 aliphatic carbocycles. The van der Waals surface area contributed by atoms with Crippen molar-refractivity contribution in [1.29, 1.82) is 0 Å². The molecule has 0 bridgehead atoms. The maximum Gasteiger partial charge on any atom is 0.335 e. The van der Waals surface area contributed by atoms with Crippen LogP contribution in [0.25, 0.3) is 0 Å². The molecule has 0 unspecified atom stereocenters. The van der Waals surface area contributed by atoms with Crippen molar-refractivity contribution in [1.82, 2.24) is 0 Å². The molecule has 0 amide bonds. The molecule has 160 valence electrons. The molecule has 1 N–H and O–H groups in total. The topological polar surface area (TPSA) is 40.5 Å². The van der Waals surface area contributed by atoms with E-state index >= 15 is 0 Å². The minimum absolute atomic E-state index is 0.351. The number of carboxylic acids is 1. The second-order valence-corrected chi connectivity index (χ2v) is 8.22. The van der Waals surface area contributed by atoms with Crippen LogP contribution in [0.5, 0.6) is 0 Å². The summed E-state index contributed by atoms with van der Waals surface area (Å²) in [5.41, 5.74) is 1.44. The van der Waals surface area contributed by atoms with Crippen LogP contribution in [0.2, 0.25) is 0 Å². The summed E-state index contributed by atoms with van der Waals surface area (Å²) < 4.78 is 0. The number of carbonyl (C=O) groups is 1. The van der Waals surface area contributed by atoms with Crippen LogP contribution >= 0.6 is 0 Å². The van der Waals surface area contributed by atoms with Gasteiger partial charge in [0.25, 0.3) is 0 Å². The monoisotopic (exact) mass is 389 g/mol. The van der Waals surface area contributed by atoms with Gasteiger partial charge in [0.15, 0.2) is 0 Å². The lowest BCUT2D eigenvalue weighted by Gasteiger charge is -2.19. The molecule has 3 heteroatoms. The first kappa shape index (κ1) is 24.5. The van der Waals surface area contributed by atoms with E-state index in [1.54, 1.807) is 12.1 Å². The van der Waals surface area contributed by atoms with Gasteiger partial charge in [0.1, 0.15) is 0 Å². The lowest BCUT2D eigenvalue weighted by atomic mass is 10.0. The summed E-state index contributed by atoms with van der Waals surface area (Å²) in [5.74, 6) is -0.864. The van der Waals surface area contributed by atoms with E-state index in [-0.39, 0.29) is 0 Å². The van der Waals surface area contributed by atoms with Crippen molar-refractivity contribution < 1.29 is 9.90 Å². The van der Waals surface area contributed by atoms with Crippen LogP contribution in [-0.4, -0.2) is 24.7 Å². The molecular formula is C25H43NO2. The Hall–Kier alpha value is -1.51. The van der Waals surface area contributed by atoms with Gasteiger partial charge < -0.3 is 10.0 Å². The second kappa shape index (κ2) is 16.4. The van der Waals surface area contributed by atoms with Gasteiger partial charge >= 0.3 is 5.97 Å². The molecule has 0 radical (unpaired) electrons. The molecule has 0 atom stereocenters. The third-order valence-corrected chi connectivity index (χ3v) is 5.65. The van der Waals surface area contributed by atoms with Crippen molar-refractivity contribution >= 4 is 11.7 Å². The van der Waals surface area contributed by atoms with Gasteiger partial charge in [-0.1, -0.05) is 96.8 Å². The third-order valence-electron chi connectivity index (χ3n) is 5.65. The normalized spacial score (nSPS) is 10.9. The highest BCUT2D eigenvalue weighted by atomic mass is 16.4. The third kappa shape index (κ3) is 12.0. The molecule has 0 aromatic heterocycles. The quantitative estimate of drug-likeness (QED) is 0.262. The number of unbranched alkanes of at least 4 members (excludes halogenated alkanes) is 14. The molecule has 3 nitrogen and oxygen atoms in total. The number of anilines is 1. The summed E-state index contributed by atoms with van der Waals surface area (Å²) in [5, 5.41) is 8.95. The average molecular weight is 390 g/mol. The highest BCUT2D eigenvalue weighted by molar-refractivity contribution is 5.88. The zero-order chi connectivity index (χ0) is 20.5. The van der Waals surface area contributed by atoms with Crippen LogP contribution in [0, 0.1) is 0 Å². The van der Waals surface area contributed by atoms with E-state index in [0.717, 1.165) is 12.2 Å². The SMILES string of the molecule is CCCCCCCCCCCCCCCCCN(C)c1ccc(C(=O)O)cc1. The van der Waals surface area contributed by atoms with Gasteiger partial charge in [-0.15, -0.1) is 0 Å². The number of nitrogens with zero attached hydrogens (tertiary/aromatic N) is 1. The second-order valence-electron chi connectivity index (χ2n) is 8.22. The number of carboxylic acid groups (broad SMARTS) is 1. The van der Waals surface area contributed by atoms with Crippen LogP contribution in [0.4, 0.5) is 5.69 Å². The van der Waals surface area contributed by atoms with Gasteiger partial charge in [-0.25, -0.2) is 4.79 Å². The summed E-state index contributed by atoms with van der Waals surface area (Å²) >= 11 is 0. The van der Waals surface area contributed by atoms with Gasteiger partial charge in [0.2, 0.25) is 0 Å². The van der Waals surface area contributed by atoms with Crippen molar-refractivity contribution in [2.75, 3.05) is 18.5 Å². The van der Waals surface area contributed by atoms with E-state index in [1.165, 1.54) is 96.3 Å². The molecule has 0 aliphatic heterocycles. The highest BCUT2D eigenvalue weighted by Gasteiger charge is 2.04. The summed E-state index contributed by atoms with van der Waals surface area (Å²) in [6.45, 7) is 3.31. The zero-order valence-corrected chi connectivity index (χ0v) is 18.4. The van der Waals surface area contributed by atoms with Crippen molar-refractivity contribution in [2.45, 2.75) is 103 Å². The van der Waals surface area contributed by atoms with E-state index in [4.69, 9.17) is 5.11 Å². The maximum absolute atomic E-state index is 10.9. The fraction of sp³-hybridized carbons (Fsp3) is 0.720. The summed E-state index contributed by atoms with van der Waals surface area (Å²) in [4.78, 5) is 13.1. The molecule has 0 saturated heterocycles. The Morgan fingerprint density at radius 3 is 1.50 bits per heavy atom. The number of benzene rings is 1. The number of hydrogen-bond donors (Lipinski definition) is 1. The number of rotatable bonds is 18. The Kier molecular flexibility index (Phi) is 14.4. The van der Waals surface area contributed by atoms with Gasteiger partial charge in [-0.3, -0.25) is 0 Å². The van der Waals surface area contributed by atoms with Crippen molar-refractivity contribution in [3.05, 3.63) is 29.8 Å². The smallest absolute Gasteiger partial charge is 0.335 e. The first-order valence-corrected chi connectivity index (χ1v) is 11.7. The Labute approximate surface area is 173 Å². The van der Waals surface area contributed by atoms with Gasteiger partial charge in [0, 0.05) is 19.3 Å². The standard InChI is InChI=1S/C25H43NO2/c1-3-4-5-6-7-8-9-10-11-12-13-14-15-16-17-22-26(2)24-20-18-23(19-21-24)25(27)28/h18-21H,3-17,22H2,1-2H3,(H,27,28). The van der Waals surface area contributed by atoms with E-state index < -0.39 is 5.97 Å². The van der Waals surface area contributed by atoms with E-state index in [2.05, 4.69) is 18.9 Å². The molecule has 1 aromatic rings. The number of aromatic carboxylic acids is 1. The zero-order valence-electron chi connectivity index (χ0n) is 18.4. The maximum atomic E-state index is 10.9. The molecule has 0 aliphatic rings. The Morgan fingerprint density at radius 1 is 0.714 bits per heavy atom. The summed E-state index contributed by atoms with van der Waals surface area (Å²) in [6, 6.07) is 7.16. The minimum atomic E-state index is -0.864. The van der Waals surface area contributed by atoms with Crippen molar-refractivity contribution in [3.63, 3.8) is 0 Å². The molecule has 0 saturated carbocycles. The molecule has 1 rings (SSSR count). The fourth-order valence-electron chi connectivity index (χ4n) is 3.71. The summed E-state index contributed by atoms with van der Waals surface area (Å²) in [6.07, 6.45) is 20.8. The van der Waals surface area contributed by atoms with Crippen LogP contribution in [0.3, 0.4) is 0 Å². The average Bonchev–Trinajstić information content (AvgIpc) is 2.70. The van der Waals surface area contributed by atoms with E-state index in [9.17, 15) is 4.79 Å². The fourth-order valence-corrected chi connectivity index (χ4v) is 3.71. The lowest BCUT2D eigenvalue weighted by molar-refractivity contribution is 0.0697. The number of hydrogen-bond acceptors (Lipinski definition) is 2. The molecule has 1 aromatic carbocycles. The molecule has 0 heterocycles. The predicted molar refractivity (Wildman–Crippen MR) is 122 cm³/mol. The minimum Gasteiger partial charge on any atom is -0.478 e. The molecule has 28 heavy (non-hydrogen) atoms. The summed E-state index contributed by atoms with van der Waals surface area (Å²) in [7, 11) is 2.08.